The first-order chi connectivity index (χ1) is 18.0. The number of aliphatic hydroxyl groups is 1. The topological polar surface area (TPSA) is 76.0 Å². The molecule has 0 radical (unpaired) electrons. The standard InChI is InChI=1S/C32H29N3O2/c1-20-28-13-12-27-29(24-10-8-22(9-11-24)23-14-16-33-17-15-23)34-21(2)35-31(27)32(28,18-25(19-36)30(20)37)26-6-4-3-5-7-26/h3-11,14-17,19-20,28,36H,12-13,18H2,1-2H3/t20-,28-,32+/m0/s1. The molecular formula is C32H29N3O2. The third kappa shape index (κ3) is 3.69. The highest BCUT2D eigenvalue weighted by molar-refractivity contribution is 5.98. The molecule has 0 aliphatic heterocycles. The van der Waals surface area contributed by atoms with Gasteiger partial charge in [-0.25, -0.2) is 9.97 Å². The Morgan fingerprint density at radius 1 is 0.919 bits per heavy atom. The van der Waals surface area contributed by atoms with Crippen molar-refractivity contribution in [3.05, 3.63) is 114 Å². The van der Waals surface area contributed by atoms with E-state index in [1.54, 1.807) is 12.4 Å². The zero-order valence-electron chi connectivity index (χ0n) is 21.1. The minimum Gasteiger partial charge on any atom is -0.515 e. The second-order valence-electron chi connectivity index (χ2n) is 10.2. The van der Waals surface area contributed by atoms with Crippen molar-refractivity contribution in [1.29, 1.82) is 0 Å². The normalized spacial score (nSPS) is 23.9. The molecule has 184 valence electrons. The van der Waals surface area contributed by atoms with Gasteiger partial charge in [-0.2, -0.15) is 0 Å². The summed E-state index contributed by atoms with van der Waals surface area (Å²) < 4.78 is 0. The van der Waals surface area contributed by atoms with Gasteiger partial charge in [-0.05, 0) is 60.9 Å². The summed E-state index contributed by atoms with van der Waals surface area (Å²) in [6.45, 7) is 3.95. The Morgan fingerprint density at radius 3 is 2.30 bits per heavy atom. The van der Waals surface area contributed by atoms with Crippen LogP contribution in [0.2, 0.25) is 0 Å². The lowest BCUT2D eigenvalue weighted by atomic mass is 9.52. The first-order valence-electron chi connectivity index (χ1n) is 12.8. The molecule has 2 aliphatic rings. The van der Waals surface area contributed by atoms with Crippen LogP contribution in [0, 0.1) is 18.8 Å². The fourth-order valence-corrected chi connectivity index (χ4v) is 6.58. The molecule has 0 bridgehead atoms. The SMILES string of the molecule is Cc1nc(-c2ccc(-c3ccncc3)cc2)c2c(n1)[C@@]1(c3ccccc3)CC(=CO)C(=O)[C@@H](C)[C@@H]1CC2. The number of aromatic nitrogens is 3. The third-order valence-electron chi connectivity index (χ3n) is 8.30. The minimum atomic E-state index is -0.504. The molecule has 0 amide bonds. The molecule has 37 heavy (non-hydrogen) atoms. The highest BCUT2D eigenvalue weighted by Gasteiger charge is 2.55. The van der Waals surface area contributed by atoms with Crippen LogP contribution < -0.4 is 0 Å². The molecule has 2 aromatic carbocycles. The number of nitrogens with zero attached hydrogens (tertiary/aromatic N) is 3. The Labute approximate surface area is 217 Å². The van der Waals surface area contributed by atoms with E-state index in [0.29, 0.717) is 17.8 Å². The van der Waals surface area contributed by atoms with E-state index in [2.05, 4.69) is 41.4 Å². The van der Waals surface area contributed by atoms with Crippen LogP contribution in [0.25, 0.3) is 22.4 Å². The molecule has 0 unspecified atom stereocenters. The molecule has 1 saturated carbocycles. The van der Waals surface area contributed by atoms with Crippen molar-refractivity contribution in [2.45, 2.75) is 38.5 Å². The lowest BCUT2D eigenvalue weighted by Crippen LogP contribution is -2.51. The molecule has 1 N–H and O–H groups in total. The van der Waals surface area contributed by atoms with Gasteiger partial charge in [0.05, 0.1) is 17.6 Å². The number of ketones is 1. The summed E-state index contributed by atoms with van der Waals surface area (Å²) in [5, 5.41) is 10.1. The molecule has 5 nitrogen and oxygen atoms in total. The number of fused-ring (bicyclic) bond motifs is 3. The summed E-state index contributed by atoms with van der Waals surface area (Å²) >= 11 is 0. The summed E-state index contributed by atoms with van der Waals surface area (Å²) in [6, 6.07) is 22.9. The Morgan fingerprint density at radius 2 is 1.59 bits per heavy atom. The summed E-state index contributed by atoms with van der Waals surface area (Å²) in [4.78, 5) is 27.3. The maximum absolute atomic E-state index is 13.1. The summed E-state index contributed by atoms with van der Waals surface area (Å²) in [6.07, 6.45) is 6.73. The van der Waals surface area contributed by atoms with Crippen LogP contribution in [0.5, 0.6) is 0 Å². The number of hydrogen-bond donors (Lipinski definition) is 1. The molecule has 4 aromatic rings. The van der Waals surface area contributed by atoms with Crippen LogP contribution in [-0.2, 0) is 16.6 Å². The van der Waals surface area contributed by atoms with Gasteiger partial charge in [-0.15, -0.1) is 0 Å². The van der Waals surface area contributed by atoms with Crippen LogP contribution in [0.3, 0.4) is 0 Å². The van der Waals surface area contributed by atoms with Crippen molar-refractivity contribution in [3.63, 3.8) is 0 Å². The maximum atomic E-state index is 13.1. The summed E-state index contributed by atoms with van der Waals surface area (Å²) in [5.41, 5.74) is 7.50. The van der Waals surface area contributed by atoms with Gasteiger partial charge in [-0.3, -0.25) is 9.78 Å². The predicted octanol–water partition coefficient (Wildman–Crippen LogP) is 6.41. The van der Waals surface area contributed by atoms with E-state index in [1.165, 1.54) is 0 Å². The van der Waals surface area contributed by atoms with Gasteiger partial charge in [0.2, 0.25) is 0 Å². The molecule has 1 fully saturated rings. The number of rotatable bonds is 3. The van der Waals surface area contributed by atoms with E-state index in [9.17, 15) is 9.90 Å². The van der Waals surface area contributed by atoms with E-state index < -0.39 is 5.41 Å². The Kier molecular flexibility index (Phi) is 5.71. The van der Waals surface area contributed by atoms with Crippen LogP contribution in [-0.4, -0.2) is 25.8 Å². The Balaban J connectivity index is 1.55. The van der Waals surface area contributed by atoms with E-state index in [-0.39, 0.29) is 17.6 Å². The average molecular weight is 488 g/mol. The van der Waals surface area contributed by atoms with Gasteiger partial charge in [0, 0.05) is 40.4 Å². The van der Waals surface area contributed by atoms with E-state index in [1.807, 2.05) is 44.2 Å². The monoisotopic (exact) mass is 487 g/mol. The molecule has 0 spiro atoms. The van der Waals surface area contributed by atoms with Crippen molar-refractivity contribution >= 4 is 5.78 Å². The molecule has 2 aliphatic carbocycles. The molecule has 2 heterocycles. The number of carbonyl (C=O) groups excluding carboxylic acids is 1. The molecule has 5 heteroatoms. The zero-order chi connectivity index (χ0) is 25.6. The molecule has 2 aromatic heterocycles. The minimum absolute atomic E-state index is 0.0419. The second kappa shape index (κ2) is 9.07. The number of aliphatic hydroxyl groups excluding tert-OH is 1. The van der Waals surface area contributed by atoms with E-state index in [4.69, 9.17) is 9.97 Å². The molecular weight excluding hydrogens is 458 g/mol. The highest BCUT2D eigenvalue weighted by Crippen LogP contribution is 2.56. The van der Waals surface area contributed by atoms with Crippen LogP contribution in [0.15, 0.2) is 91.0 Å². The molecule has 3 atom stereocenters. The predicted molar refractivity (Wildman–Crippen MR) is 144 cm³/mol. The van der Waals surface area contributed by atoms with E-state index in [0.717, 1.165) is 58.3 Å². The van der Waals surface area contributed by atoms with Crippen molar-refractivity contribution < 1.29 is 9.90 Å². The van der Waals surface area contributed by atoms with Gasteiger partial charge in [0.25, 0.3) is 0 Å². The van der Waals surface area contributed by atoms with E-state index >= 15 is 0 Å². The van der Waals surface area contributed by atoms with Crippen LogP contribution in [0.4, 0.5) is 0 Å². The number of carbonyl (C=O) groups is 1. The van der Waals surface area contributed by atoms with Crippen molar-refractivity contribution in [1.82, 2.24) is 15.0 Å². The second-order valence-corrected chi connectivity index (χ2v) is 10.2. The first-order valence-corrected chi connectivity index (χ1v) is 12.8. The Hall–Kier alpha value is -4.12. The van der Waals surface area contributed by atoms with Crippen LogP contribution >= 0.6 is 0 Å². The number of hydrogen-bond acceptors (Lipinski definition) is 5. The summed E-state index contributed by atoms with van der Waals surface area (Å²) in [7, 11) is 0. The highest BCUT2D eigenvalue weighted by atomic mass is 16.2. The smallest absolute Gasteiger partial charge is 0.165 e. The fourth-order valence-electron chi connectivity index (χ4n) is 6.58. The summed E-state index contributed by atoms with van der Waals surface area (Å²) in [5.74, 6) is 0.635. The van der Waals surface area contributed by atoms with Crippen molar-refractivity contribution in [3.8, 4) is 22.4 Å². The lowest BCUT2D eigenvalue weighted by molar-refractivity contribution is -0.123. The van der Waals surface area contributed by atoms with Gasteiger partial charge in [0.15, 0.2) is 5.78 Å². The average Bonchev–Trinajstić information content (AvgIpc) is 2.95. The number of benzene rings is 2. The lowest BCUT2D eigenvalue weighted by Gasteiger charge is -2.51. The quantitative estimate of drug-likeness (QED) is 0.267. The number of pyridine rings is 1. The fraction of sp³-hybridized carbons (Fsp3) is 0.250. The van der Waals surface area contributed by atoms with Gasteiger partial charge >= 0.3 is 0 Å². The van der Waals surface area contributed by atoms with Gasteiger partial charge < -0.3 is 5.11 Å². The number of allylic oxidation sites excluding steroid dienone is 1. The largest absolute Gasteiger partial charge is 0.515 e. The number of aryl methyl sites for hydroxylation is 1. The molecule has 0 saturated heterocycles. The zero-order valence-corrected chi connectivity index (χ0v) is 21.1. The van der Waals surface area contributed by atoms with Gasteiger partial charge in [0.1, 0.15) is 5.82 Å². The van der Waals surface area contributed by atoms with Gasteiger partial charge in [-0.1, -0.05) is 61.5 Å². The van der Waals surface area contributed by atoms with Crippen LogP contribution in [0.1, 0.15) is 42.4 Å². The third-order valence-corrected chi connectivity index (χ3v) is 8.30. The number of Topliss-reactive ketones (excluding diaryl/α,β-unsaturated/α-hetero) is 1. The van der Waals surface area contributed by atoms with Crippen molar-refractivity contribution in [2.24, 2.45) is 11.8 Å². The Bertz CT molecular complexity index is 1500. The molecule has 6 rings (SSSR count). The van der Waals surface area contributed by atoms with Crippen molar-refractivity contribution in [2.75, 3.05) is 0 Å². The first kappa shape index (κ1) is 23.3. The maximum Gasteiger partial charge on any atom is 0.165 e.